The predicted octanol–water partition coefficient (Wildman–Crippen LogP) is 5.43. The fraction of sp³-hybridized carbons (Fsp3) is 0.154. The highest BCUT2D eigenvalue weighted by Crippen LogP contribution is 2.26. The molecular formula is C26H23N3O2. The first-order valence-electron chi connectivity index (χ1n) is 9.99. The zero-order valence-electron chi connectivity index (χ0n) is 17.8. The molecule has 4 rings (SSSR count). The van der Waals surface area contributed by atoms with Gasteiger partial charge in [0.15, 0.2) is 11.6 Å². The minimum absolute atomic E-state index is 0.436. The van der Waals surface area contributed by atoms with Gasteiger partial charge in [-0.3, -0.25) is 0 Å². The molecule has 0 saturated heterocycles. The Morgan fingerprint density at radius 2 is 1.84 bits per heavy atom. The van der Waals surface area contributed by atoms with Gasteiger partial charge in [-0.1, -0.05) is 54.1 Å². The third-order valence-corrected chi connectivity index (χ3v) is 4.67. The molecule has 0 aliphatic heterocycles. The summed E-state index contributed by atoms with van der Waals surface area (Å²) in [7, 11) is 1.61. The summed E-state index contributed by atoms with van der Waals surface area (Å²) in [6.45, 7) is 4.44. The van der Waals surface area contributed by atoms with Crippen molar-refractivity contribution in [1.29, 1.82) is 0 Å². The number of benzene rings is 2. The minimum Gasteiger partial charge on any atom is -0.492 e. The Morgan fingerprint density at radius 1 is 1.00 bits per heavy atom. The number of aromatic nitrogens is 2. The molecule has 0 aliphatic rings. The lowest BCUT2D eigenvalue weighted by molar-refractivity contribution is 0.284. The molecule has 31 heavy (non-hydrogen) atoms. The summed E-state index contributed by atoms with van der Waals surface area (Å²) in [5.74, 6) is 1.84. The Balaban J connectivity index is 1.53. The topological polar surface area (TPSA) is 48.6 Å². The van der Waals surface area contributed by atoms with Crippen LogP contribution in [-0.2, 0) is 6.61 Å². The quantitative estimate of drug-likeness (QED) is 0.383. The predicted molar refractivity (Wildman–Crippen MR) is 122 cm³/mol. The molecule has 5 nitrogen and oxygen atoms in total. The van der Waals surface area contributed by atoms with Crippen LogP contribution < -0.4 is 9.47 Å². The highest BCUT2D eigenvalue weighted by molar-refractivity contribution is 5.81. The monoisotopic (exact) mass is 409 g/mol. The molecule has 1 heterocycles. The van der Waals surface area contributed by atoms with Gasteiger partial charge in [0.25, 0.3) is 0 Å². The maximum absolute atomic E-state index is 5.90. The number of ether oxygens (including phenoxy) is 2. The number of para-hydroxylation sites is 1. The van der Waals surface area contributed by atoms with Crippen LogP contribution in [-0.4, -0.2) is 23.1 Å². The summed E-state index contributed by atoms with van der Waals surface area (Å²) < 4.78 is 13.2. The second-order valence-electron chi connectivity index (χ2n) is 7.17. The van der Waals surface area contributed by atoms with E-state index < -0.39 is 0 Å². The van der Waals surface area contributed by atoms with E-state index in [9.17, 15) is 0 Å². The van der Waals surface area contributed by atoms with Gasteiger partial charge in [0.05, 0.1) is 18.5 Å². The van der Waals surface area contributed by atoms with E-state index in [-0.39, 0.29) is 0 Å². The third kappa shape index (κ3) is 4.93. The molecule has 0 N–H and O–H groups in total. The Kier molecular flexibility index (Phi) is 6.00. The molecular weight excluding hydrogens is 386 g/mol. The number of hydrogen-bond acceptors (Lipinski definition) is 4. The van der Waals surface area contributed by atoms with Crippen molar-refractivity contribution < 1.29 is 9.47 Å². The Labute approximate surface area is 182 Å². The van der Waals surface area contributed by atoms with E-state index in [0.717, 1.165) is 28.3 Å². The number of nitrogens with zero attached hydrogens (tertiary/aromatic N) is 3. The van der Waals surface area contributed by atoms with Crippen molar-refractivity contribution in [2.24, 2.45) is 4.99 Å². The van der Waals surface area contributed by atoms with Crippen molar-refractivity contribution in [2.75, 3.05) is 7.11 Å². The zero-order chi connectivity index (χ0) is 21.6. The second-order valence-corrected chi connectivity index (χ2v) is 7.17. The fourth-order valence-corrected chi connectivity index (χ4v) is 3.19. The van der Waals surface area contributed by atoms with E-state index in [4.69, 9.17) is 9.47 Å². The van der Waals surface area contributed by atoms with E-state index in [1.165, 1.54) is 5.56 Å². The maximum Gasteiger partial charge on any atom is 0.213 e. The molecule has 0 amide bonds. The molecule has 1 aromatic heterocycles. The number of rotatable bonds is 7. The van der Waals surface area contributed by atoms with Gasteiger partial charge in [-0.05, 0) is 37.6 Å². The molecule has 0 fully saturated rings. The molecule has 0 aliphatic carbocycles. The van der Waals surface area contributed by atoms with Crippen molar-refractivity contribution >= 4 is 12.0 Å². The van der Waals surface area contributed by atoms with Crippen LogP contribution in [0, 0.1) is 26.0 Å². The molecule has 0 spiro atoms. The van der Waals surface area contributed by atoms with Crippen molar-refractivity contribution in [3.05, 3.63) is 101 Å². The van der Waals surface area contributed by atoms with Gasteiger partial charge in [0.2, 0.25) is 5.75 Å². The first-order chi connectivity index (χ1) is 15.1. The van der Waals surface area contributed by atoms with Crippen LogP contribution in [0.5, 0.6) is 11.5 Å². The standard InChI is InChI=1S/C26H23N3O2/c1-19-8-7-9-22(14-19)18-31-24-13-12-21(16-25(24)30-3)17-27-26-15-20(2)28-29(26)23-10-5-4-6-11-23/h4-11,14-17H,18H2,1-3H3. The smallest absolute Gasteiger partial charge is 0.213 e. The maximum atomic E-state index is 5.90. The van der Waals surface area contributed by atoms with Gasteiger partial charge in [0, 0.05) is 23.9 Å². The molecule has 0 unspecified atom stereocenters. The van der Waals surface area contributed by atoms with Crippen molar-refractivity contribution in [1.82, 2.24) is 9.78 Å². The van der Waals surface area contributed by atoms with Crippen LogP contribution in [0.3, 0.4) is 0 Å². The number of aliphatic imine (C=N–C) groups is 1. The highest BCUT2D eigenvalue weighted by atomic mass is 16.5. The largest absolute Gasteiger partial charge is 0.492 e. The van der Waals surface area contributed by atoms with Gasteiger partial charge >= 0.3 is 0 Å². The van der Waals surface area contributed by atoms with Crippen LogP contribution in [0.4, 0.5) is 5.82 Å². The van der Waals surface area contributed by atoms with E-state index in [0.29, 0.717) is 18.1 Å². The number of aryl methyl sites for hydroxylation is 2. The molecule has 5 heteroatoms. The lowest BCUT2D eigenvalue weighted by atomic mass is 10.1. The van der Waals surface area contributed by atoms with Crippen LogP contribution in [0.1, 0.15) is 22.4 Å². The molecule has 3 aromatic carbocycles. The van der Waals surface area contributed by atoms with E-state index in [2.05, 4.69) is 41.3 Å². The van der Waals surface area contributed by atoms with Crippen molar-refractivity contribution in [2.45, 2.75) is 20.5 Å². The highest BCUT2D eigenvalue weighted by Gasteiger charge is 2.08. The second kappa shape index (κ2) is 9.19. The van der Waals surface area contributed by atoms with Crippen LogP contribution >= 0.6 is 0 Å². The van der Waals surface area contributed by atoms with Crippen molar-refractivity contribution in [3.63, 3.8) is 0 Å². The average Bonchev–Trinajstić information content (AvgIpc) is 3.17. The SMILES string of the molecule is COc1cc(C=Nc2cc(C)nn2-c2ccccc2)c#cc1OCc1cccc(C)c1. The lowest BCUT2D eigenvalue weighted by Crippen LogP contribution is -1.98. The van der Waals surface area contributed by atoms with E-state index in [1.54, 1.807) is 13.3 Å². The van der Waals surface area contributed by atoms with Crippen LogP contribution in [0.2, 0.25) is 0 Å². The van der Waals surface area contributed by atoms with E-state index in [1.807, 2.05) is 66.2 Å². The summed E-state index contributed by atoms with van der Waals surface area (Å²) >= 11 is 0. The number of hydrogen-bond donors (Lipinski definition) is 0. The lowest BCUT2D eigenvalue weighted by Gasteiger charge is -2.09. The molecule has 4 aromatic rings. The average molecular weight is 409 g/mol. The normalized spacial score (nSPS) is 10.8. The first-order valence-corrected chi connectivity index (χ1v) is 9.99. The molecule has 0 bridgehead atoms. The van der Waals surface area contributed by atoms with Crippen LogP contribution in [0.15, 0.2) is 71.7 Å². The Morgan fingerprint density at radius 3 is 2.61 bits per heavy atom. The van der Waals surface area contributed by atoms with Gasteiger partial charge < -0.3 is 9.47 Å². The summed E-state index contributed by atoms with van der Waals surface area (Å²) in [6.07, 6.45) is 1.72. The Bertz CT molecular complexity index is 1200. The summed E-state index contributed by atoms with van der Waals surface area (Å²) in [6, 6.07) is 28.0. The van der Waals surface area contributed by atoms with Crippen LogP contribution in [0.25, 0.3) is 5.69 Å². The molecule has 0 radical (unpaired) electrons. The third-order valence-electron chi connectivity index (χ3n) is 4.67. The number of methoxy groups -OCH3 is 1. The summed E-state index contributed by atoms with van der Waals surface area (Å²) in [4.78, 5) is 4.61. The Hall–Kier alpha value is -4.04. The summed E-state index contributed by atoms with van der Waals surface area (Å²) in [5.41, 5.74) is 4.86. The van der Waals surface area contributed by atoms with E-state index >= 15 is 0 Å². The molecule has 0 saturated carbocycles. The van der Waals surface area contributed by atoms with Crippen molar-refractivity contribution in [3.8, 4) is 17.2 Å². The van der Waals surface area contributed by atoms with Gasteiger partial charge in [0.1, 0.15) is 6.61 Å². The molecule has 154 valence electrons. The van der Waals surface area contributed by atoms with Gasteiger partial charge in [-0.15, -0.1) is 0 Å². The molecule has 0 atom stereocenters. The zero-order valence-corrected chi connectivity index (χ0v) is 17.8. The van der Waals surface area contributed by atoms with Gasteiger partial charge in [-0.25, -0.2) is 9.67 Å². The van der Waals surface area contributed by atoms with Gasteiger partial charge in [-0.2, -0.15) is 5.10 Å². The fourth-order valence-electron chi connectivity index (χ4n) is 3.19. The minimum atomic E-state index is 0.436. The summed E-state index contributed by atoms with van der Waals surface area (Å²) in [5, 5.41) is 4.54. The first kappa shape index (κ1) is 20.2.